The van der Waals surface area contributed by atoms with Crippen LogP contribution in [0.15, 0.2) is 18.2 Å². The number of ether oxygens (including phenoxy) is 1. The first-order chi connectivity index (χ1) is 10.2. The van der Waals surface area contributed by atoms with Gasteiger partial charge in [-0.3, -0.25) is 0 Å². The summed E-state index contributed by atoms with van der Waals surface area (Å²) in [4.78, 5) is 0. The molecule has 0 bridgehead atoms. The van der Waals surface area contributed by atoms with Crippen molar-refractivity contribution in [2.75, 3.05) is 13.2 Å². The van der Waals surface area contributed by atoms with Crippen molar-refractivity contribution in [2.24, 2.45) is 5.92 Å². The Kier molecular flexibility index (Phi) is 6.46. The Bertz CT molecular complexity index is 450. The van der Waals surface area contributed by atoms with Crippen molar-refractivity contribution in [2.45, 2.75) is 51.7 Å². The van der Waals surface area contributed by atoms with E-state index in [1.54, 1.807) is 12.1 Å². The molecule has 2 nitrogen and oxygen atoms in total. The summed E-state index contributed by atoms with van der Waals surface area (Å²) in [5.74, 6) is 0.426. The predicted molar refractivity (Wildman–Crippen MR) is 85.3 cm³/mol. The second-order valence-corrected chi connectivity index (χ2v) is 6.19. The smallest absolute Gasteiger partial charge is 0.126 e. The van der Waals surface area contributed by atoms with E-state index in [0.29, 0.717) is 29.5 Å². The number of halogens is 2. The van der Waals surface area contributed by atoms with Gasteiger partial charge in [-0.25, -0.2) is 4.39 Å². The fourth-order valence-corrected chi connectivity index (χ4v) is 2.96. The van der Waals surface area contributed by atoms with E-state index in [4.69, 9.17) is 16.3 Å². The van der Waals surface area contributed by atoms with Crippen molar-refractivity contribution in [1.29, 1.82) is 0 Å². The van der Waals surface area contributed by atoms with Gasteiger partial charge in [0.2, 0.25) is 0 Å². The van der Waals surface area contributed by atoms with Gasteiger partial charge in [0.1, 0.15) is 5.82 Å². The predicted octanol–water partition coefficient (Wildman–Crippen LogP) is 4.20. The zero-order valence-corrected chi connectivity index (χ0v) is 13.6. The Hall–Kier alpha value is -0.640. The van der Waals surface area contributed by atoms with E-state index >= 15 is 0 Å². The Morgan fingerprint density at radius 1 is 1.38 bits per heavy atom. The Balaban J connectivity index is 2.12. The summed E-state index contributed by atoms with van der Waals surface area (Å²) < 4.78 is 19.9. The minimum Gasteiger partial charge on any atom is -0.377 e. The van der Waals surface area contributed by atoms with Crippen molar-refractivity contribution < 1.29 is 9.13 Å². The third-order valence-electron chi connectivity index (χ3n) is 3.95. The summed E-state index contributed by atoms with van der Waals surface area (Å²) in [7, 11) is 0. The fourth-order valence-electron chi connectivity index (χ4n) is 2.77. The lowest BCUT2D eigenvalue weighted by atomic mass is 9.97. The lowest BCUT2D eigenvalue weighted by Gasteiger charge is -2.28. The summed E-state index contributed by atoms with van der Waals surface area (Å²) in [5, 5.41) is 4.12. The molecular weight excluding hydrogens is 289 g/mol. The van der Waals surface area contributed by atoms with Gasteiger partial charge in [-0.15, -0.1) is 0 Å². The largest absolute Gasteiger partial charge is 0.377 e. The summed E-state index contributed by atoms with van der Waals surface area (Å²) in [6.07, 6.45) is 4.27. The Labute approximate surface area is 132 Å². The number of nitrogens with one attached hydrogen (secondary N) is 1. The molecule has 1 fully saturated rings. The molecule has 1 aliphatic carbocycles. The molecule has 21 heavy (non-hydrogen) atoms. The molecule has 2 rings (SSSR count). The lowest BCUT2D eigenvalue weighted by Crippen LogP contribution is -2.44. The van der Waals surface area contributed by atoms with E-state index in [1.165, 1.54) is 18.9 Å². The lowest BCUT2D eigenvalue weighted by molar-refractivity contribution is 0.0190. The van der Waals surface area contributed by atoms with Crippen LogP contribution in [0.25, 0.3) is 0 Å². The van der Waals surface area contributed by atoms with E-state index in [0.717, 1.165) is 13.0 Å². The van der Waals surface area contributed by atoms with Gasteiger partial charge in [-0.2, -0.15) is 0 Å². The first-order valence-electron chi connectivity index (χ1n) is 7.94. The number of rotatable bonds is 9. The highest BCUT2D eigenvalue weighted by Gasteiger charge is 2.37. The van der Waals surface area contributed by atoms with Gasteiger partial charge >= 0.3 is 0 Å². The first-order valence-corrected chi connectivity index (χ1v) is 8.32. The maximum atomic E-state index is 14.0. The van der Waals surface area contributed by atoms with Gasteiger partial charge in [-0.05, 0) is 68.8 Å². The molecule has 0 saturated heterocycles. The van der Waals surface area contributed by atoms with Crippen LogP contribution >= 0.6 is 11.6 Å². The Morgan fingerprint density at radius 2 is 2.14 bits per heavy atom. The SMILES string of the molecule is CCCNC(Cc1cc(Cl)ccc1F)C(OCC)C1CC1. The zero-order valence-electron chi connectivity index (χ0n) is 12.9. The molecule has 1 N–H and O–H groups in total. The highest BCUT2D eigenvalue weighted by atomic mass is 35.5. The van der Waals surface area contributed by atoms with Gasteiger partial charge in [0, 0.05) is 17.7 Å². The minimum atomic E-state index is -0.186. The molecule has 4 heteroatoms. The molecule has 1 aromatic carbocycles. The first kappa shape index (κ1) is 16.7. The van der Waals surface area contributed by atoms with Crippen molar-refractivity contribution in [3.05, 3.63) is 34.6 Å². The second kappa shape index (κ2) is 8.11. The van der Waals surface area contributed by atoms with Crippen LogP contribution in [0.3, 0.4) is 0 Å². The summed E-state index contributed by atoms with van der Waals surface area (Å²) >= 11 is 6.00. The molecule has 0 heterocycles. The molecule has 1 saturated carbocycles. The van der Waals surface area contributed by atoms with Crippen LogP contribution in [0.1, 0.15) is 38.7 Å². The van der Waals surface area contributed by atoms with Gasteiger partial charge in [-0.1, -0.05) is 18.5 Å². The topological polar surface area (TPSA) is 21.3 Å². The van der Waals surface area contributed by atoms with E-state index in [9.17, 15) is 4.39 Å². The molecular formula is C17H25ClFNO. The van der Waals surface area contributed by atoms with E-state index in [2.05, 4.69) is 12.2 Å². The van der Waals surface area contributed by atoms with Crippen LogP contribution < -0.4 is 5.32 Å². The quantitative estimate of drug-likeness (QED) is 0.737. The van der Waals surface area contributed by atoms with Crippen LogP contribution in [0, 0.1) is 11.7 Å². The summed E-state index contributed by atoms with van der Waals surface area (Å²) in [5.41, 5.74) is 0.668. The third-order valence-corrected chi connectivity index (χ3v) is 4.18. The van der Waals surface area contributed by atoms with Gasteiger partial charge < -0.3 is 10.1 Å². The van der Waals surface area contributed by atoms with Crippen LogP contribution in [-0.2, 0) is 11.2 Å². The average Bonchev–Trinajstić information content (AvgIpc) is 3.29. The van der Waals surface area contributed by atoms with Crippen LogP contribution in [0.2, 0.25) is 5.02 Å². The highest BCUT2D eigenvalue weighted by Crippen LogP contribution is 2.36. The molecule has 1 aliphatic rings. The Morgan fingerprint density at radius 3 is 2.76 bits per heavy atom. The number of hydrogen-bond donors (Lipinski definition) is 1. The number of hydrogen-bond acceptors (Lipinski definition) is 2. The average molecular weight is 314 g/mol. The molecule has 2 unspecified atom stereocenters. The van der Waals surface area contributed by atoms with Crippen LogP contribution in [0.4, 0.5) is 4.39 Å². The van der Waals surface area contributed by atoms with Crippen molar-refractivity contribution in [3.8, 4) is 0 Å². The van der Waals surface area contributed by atoms with Crippen LogP contribution in [-0.4, -0.2) is 25.3 Å². The van der Waals surface area contributed by atoms with Crippen molar-refractivity contribution in [3.63, 3.8) is 0 Å². The molecule has 0 spiro atoms. The van der Waals surface area contributed by atoms with Crippen molar-refractivity contribution in [1.82, 2.24) is 5.32 Å². The molecule has 0 radical (unpaired) electrons. The molecule has 0 aromatic heterocycles. The maximum absolute atomic E-state index is 14.0. The van der Waals surface area contributed by atoms with Gasteiger partial charge in [0.15, 0.2) is 0 Å². The molecule has 2 atom stereocenters. The second-order valence-electron chi connectivity index (χ2n) is 5.76. The van der Waals surface area contributed by atoms with E-state index in [1.807, 2.05) is 6.92 Å². The maximum Gasteiger partial charge on any atom is 0.126 e. The van der Waals surface area contributed by atoms with Gasteiger partial charge in [0.25, 0.3) is 0 Å². The monoisotopic (exact) mass is 313 g/mol. The van der Waals surface area contributed by atoms with E-state index < -0.39 is 0 Å². The fraction of sp³-hybridized carbons (Fsp3) is 0.647. The highest BCUT2D eigenvalue weighted by molar-refractivity contribution is 6.30. The minimum absolute atomic E-state index is 0.144. The summed E-state index contributed by atoms with van der Waals surface area (Å²) in [6, 6.07) is 4.91. The third kappa shape index (κ3) is 4.94. The standard InChI is InChI=1S/C17H25ClFNO/c1-3-9-20-16(17(21-4-2)12-5-6-12)11-13-10-14(18)7-8-15(13)19/h7-8,10,12,16-17,20H,3-6,9,11H2,1-2H3. The van der Waals surface area contributed by atoms with Gasteiger partial charge in [0.05, 0.1) is 6.10 Å². The molecule has 0 amide bonds. The van der Waals surface area contributed by atoms with Crippen LogP contribution in [0.5, 0.6) is 0 Å². The molecule has 0 aliphatic heterocycles. The number of benzene rings is 1. The van der Waals surface area contributed by atoms with E-state index in [-0.39, 0.29) is 18.0 Å². The normalized spacial score (nSPS) is 17.7. The zero-order chi connectivity index (χ0) is 15.2. The molecule has 118 valence electrons. The van der Waals surface area contributed by atoms with Crippen molar-refractivity contribution >= 4 is 11.6 Å². The molecule has 1 aromatic rings. The summed E-state index contributed by atoms with van der Waals surface area (Å²) in [6.45, 7) is 5.77.